The first kappa shape index (κ1) is 22.5. The van der Waals surface area contributed by atoms with Gasteiger partial charge in [-0.25, -0.2) is 9.48 Å². The Bertz CT molecular complexity index is 1290. The van der Waals surface area contributed by atoms with E-state index in [1.54, 1.807) is 49.2 Å². The summed E-state index contributed by atoms with van der Waals surface area (Å²) in [6.07, 6.45) is 1.86. The molecular formula is C24H20Cl2N4O3. The number of methoxy groups -OCH3 is 2. The molecule has 33 heavy (non-hydrogen) atoms. The maximum Gasteiger partial charge on any atom is 0.323 e. The Labute approximate surface area is 200 Å². The fraction of sp³-hybridized carbons (Fsp3) is 0.0833. The van der Waals surface area contributed by atoms with Gasteiger partial charge in [-0.15, -0.1) is 0 Å². The van der Waals surface area contributed by atoms with Crippen molar-refractivity contribution in [3.8, 4) is 28.4 Å². The van der Waals surface area contributed by atoms with Crippen LogP contribution in [0.1, 0.15) is 0 Å². The normalized spacial score (nSPS) is 10.5. The number of halogens is 2. The van der Waals surface area contributed by atoms with E-state index in [0.29, 0.717) is 32.9 Å². The molecule has 7 nitrogen and oxygen atoms in total. The van der Waals surface area contributed by atoms with Gasteiger partial charge in [0.1, 0.15) is 0 Å². The zero-order valence-electron chi connectivity index (χ0n) is 17.8. The van der Waals surface area contributed by atoms with E-state index < -0.39 is 6.03 Å². The minimum absolute atomic E-state index is 0.397. The molecule has 2 N–H and O–H groups in total. The van der Waals surface area contributed by atoms with Gasteiger partial charge in [-0.3, -0.25) is 0 Å². The molecule has 9 heteroatoms. The van der Waals surface area contributed by atoms with E-state index in [-0.39, 0.29) is 0 Å². The molecule has 3 aromatic carbocycles. The number of urea groups is 1. The third kappa shape index (κ3) is 5.22. The number of carbonyl (C=O) groups excluding carboxylic acids is 1. The highest BCUT2D eigenvalue weighted by atomic mass is 35.5. The van der Waals surface area contributed by atoms with Crippen LogP contribution < -0.4 is 20.1 Å². The molecule has 0 saturated carbocycles. The van der Waals surface area contributed by atoms with E-state index in [1.807, 2.05) is 42.6 Å². The van der Waals surface area contributed by atoms with Crippen LogP contribution in [0, 0.1) is 0 Å². The summed E-state index contributed by atoms with van der Waals surface area (Å²) in [4.78, 5) is 12.3. The fourth-order valence-corrected chi connectivity index (χ4v) is 3.53. The molecule has 0 aliphatic carbocycles. The number of rotatable bonds is 6. The summed E-state index contributed by atoms with van der Waals surface area (Å²) in [5.41, 5.74) is 3.57. The van der Waals surface area contributed by atoms with Crippen molar-refractivity contribution in [2.75, 3.05) is 24.9 Å². The van der Waals surface area contributed by atoms with Crippen LogP contribution in [0.15, 0.2) is 72.9 Å². The fourth-order valence-electron chi connectivity index (χ4n) is 3.19. The first-order valence-corrected chi connectivity index (χ1v) is 10.6. The predicted molar refractivity (Wildman–Crippen MR) is 131 cm³/mol. The van der Waals surface area contributed by atoms with Crippen LogP contribution in [0.4, 0.5) is 16.2 Å². The number of ether oxygens (including phenoxy) is 2. The van der Waals surface area contributed by atoms with Crippen molar-refractivity contribution >= 4 is 40.6 Å². The van der Waals surface area contributed by atoms with Crippen molar-refractivity contribution in [3.63, 3.8) is 0 Å². The Morgan fingerprint density at radius 2 is 1.64 bits per heavy atom. The van der Waals surface area contributed by atoms with Crippen LogP contribution in [0.5, 0.6) is 11.5 Å². The van der Waals surface area contributed by atoms with Crippen LogP contribution in [0.25, 0.3) is 16.9 Å². The molecule has 0 spiro atoms. The zero-order chi connectivity index (χ0) is 23.4. The van der Waals surface area contributed by atoms with Crippen molar-refractivity contribution in [1.82, 2.24) is 9.78 Å². The van der Waals surface area contributed by atoms with Gasteiger partial charge in [0.15, 0.2) is 11.5 Å². The van der Waals surface area contributed by atoms with Gasteiger partial charge >= 0.3 is 6.03 Å². The number of carbonyl (C=O) groups is 1. The smallest absolute Gasteiger partial charge is 0.323 e. The number of amides is 2. The summed E-state index contributed by atoms with van der Waals surface area (Å²) in [5.74, 6) is 1.29. The lowest BCUT2D eigenvalue weighted by Crippen LogP contribution is -2.19. The third-order valence-electron chi connectivity index (χ3n) is 4.83. The second-order valence-corrected chi connectivity index (χ2v) is 7.81. The van der Waals surface area contributed by atoms with E-state index in [2.05, 4.69) is 15.7 Å². The SMILES string of the molecule is COc1ccc(-c2ccn(-c3ccc(NC(=O)Nc4cc(Cl)ccc4Cl)cc3)n2)cc1OC. The number of hydrogen-bond acceptors (Lipinski definition) is 4. The Hall–Kier alpha value is -3.68. The van der Waals surface area contributed by atoms with E-state index >= 15 is 0 Å². The zero-order valence-corrected chi connectivity index (χ0v) is 19.3. The van der Waals surface area contributed by atoms with E-state index in [0.717, 1.165) is 16.9 Å². The van der Waals surface area contributed by atoms with Crippen molar-refractivity contribution in [2.24, 2.45) is 0 Å². The van der Waals surface area contributed by atoms with Gasteiger partial charge in [0, 0.05) is 22.5 Å². The second-order valence-electron chi connectivity index (χ2n) is 6.97. The number of anilines is 2. The standard InChI is InChI=1S/C24H20Cl2N4O3/c1-32-22-10-3-15(13-23(22)33-2)20-11-12-30(29-20)18-7-5-17(6-8-18)27-24(31)28-21-14-16(25)4-9-19(21)26/h3-14H,1-2H3,(H2,27,28,31). The molecule has 0 aliphatic rings. The molecule has 1 aromatic heterocycles. The van der Waals surface area contributed by atoms with Crippen LogP contribution in [-0.4, -0.2) is 30.0 Å². The molecule has 0 radical (unpaired) electrons. The first-order valence-electron chi connectivity index (χ1n) is 9.88. The lowest BCUT2D eigenvalue weighted by Gasteiger charge is -2.10. The maximum atomic E-state index is 12.3. The first-order chi connectivity index (χ1) is 16.0. The molecule has 2 amide bonds. The Balaban J connectivity index is 1.45. The Morgan fingerprint density at radius 3 is 2.36 bits per heavy atom. The molecule has 0 bridgehead atoms. The van der Waals surface area contributed by atoms with Gasteiger partial charge in [-0.05, 0) is 66.7 Å². The van der Waals surface area contributed by atoms with Crippen molar-refractivity contribution in [2.45, 2.75) is 0 Å². The van der Waals surface area contributed by atoms with Gasteiger partial charge in [0.25, 0.3) is 0 Å². The molecule has 4 aromatic rings. The number of benzene rings is 3. The highest BCUT2D eigenvalue weighted by molar-refractivity contribution is 6.35. The molecule has 0 saturated heterocycles. The molecule has 4 rings (SSSR count). The summed E-state index contributed by atoms with van der Waals surface area (Å²) in [6, 6.07) is 19.3. The molecule has 0 unspecified atom stereocenters. The van der Waals surface area contributed by atoms with Crippen LogP contribution in [0.3, 0.4) is 0 Å². The van der Waals surface area contributed by atoms with Crippen LogP contribution in [0.2, 0.25) is 10.0 Å². The second kappa shape index (κ2) is 9.85. The van der Waals surface area contributed by atoms with Gasteiger partial charge in [-0.2, -0.15) is 5.10 Å². The number of nitrogens with zero attached hydrogens (tertiary/aromatic N) is 2. The van der Waals surface area contributed by atoms with Gasteiger partial charge in [0.2, 0.25) is 0 Å². The van der Waals surface area contributed by atoms with Crippen LogP contribution in [-0.2, 0) is 0 Å². The number of aromatic nitrogens is 2. The van der Waals surface area contributed by atoms with Crippen LogP contribution >= 0.6 is 23.2 Å². The van der Waals surface area contributed by atoms with Crippen molar-refractivity contribution in [1.29, 1.82) is 0 Å². The van der Waals surface area contributed by atoms with E-state index in [4.69, 9.17) is 32.7 Å². The van der Waals surface area contributed by atoms with Gasteiger partial charge < -0.3 is 20.1 Å². The van der Waals surface area contributed by atoms with Gasteiger partial charge in [-0.1, -0.05) is 23.2 Å². The minimum Gasteiger partial charge on any atom is -0.493 e. The van der Waals surface area contributed by atoms with Crippen molar-refractivity contribution < 1.29 is 14.3 Å². The van der Waals surface area contributed by atoms with E-state index in [9.17, 15) is 4.79 Å². The molecule has 0 fully saturated rings. The minimum atomic E-state index is -0.429. The average Bonchev–Trinajstić information content (AvgIpc) is 3.32. The largest absolute Gasteiger partial charge is 0.493 e. The average molecular weight is 483 g/mol. The number of hydrogen-bond donors (Lipinski definition) is 2. The highest BCUT2D eigenvalue weighted by Gasteiger charge is 2.10. The topological polar surface area (TPSA) is 77.4 Å². The summed E-state index contributed by atoms with van der Waals surface area (Å²) < 4.78 is 12.4. The predicted octanol–water partition coefficient (Wildman–Crippen LogP) is 6.51. The molecule has 1 heterocycles. The van der Waals surface area contributed by atoms with Gasteiger partial charge in [0.05, 0.1) is 36.3 Å². The molecule has 0 atom stereocenters. The maximum absolute atomic E-state index is 12.3. The monoisotopic (exact) mass is 482 g/mol. The molecule has 168 valence electrons. The number of nitrogens with one attached hydrogen (secondary N) is 2. The van der Waals surface area contributed by atoms with E-state index in [1.165, 1.54) is 0 Å². The third-order valence-corrected chi connectivity index (χ3v) is 5.40. The summed E-state index contributed by atoms with van der Waals surface area (Å²) in [6.45, 7) is 0. The quantitative estimate of drug-likeness (QED) is 0.328. The molecule has 0 aliphatic heterocycles. The highest BCUT2D eigenvalue weighted by Crippen LogP contribution is 2.32. The van der Waals surface area contributed by atoms with Crippen molar-refractivity contribution in [3.05, 3.63) is 83.0 Å². The summed E-state index contributed by atoms with van der Waals surface area (Å²) >= 11 is 12.0. The lowest BCUT2D eigenvalue weighted by molar-refractivity contribution is 0.262. The summed E-state index contributed by atoms with van der Waals surface area (Å²) in [5, 5.41) is 11.0. The molecular weight excluding hydrogens is 463 g/mol. The Morgan fingerprint density at radius 1 is 0.879 bits per heavy atom. The Kier molecular flexibility index (Phi) is 6.72. The summed E-state index contributed by atoms with van der Waals surface area (Å²) in [7, 11) is 3.19. The lowest BCUT2D eigenvalue weighted by atomic mass is 10.1.